The molecule has 0 saturated heterocycles. The Morgan fingerprint density at radius 3 is 3.00 bits per heavy atom. The average molecular weight is 176 g/mol. The van der Waals surface area contributed by atoms with Gasteiger partial charge >= 0.3 is 6.09 Å². The molecule has 4 nitrogen and oxygen atoms in total. The molecule has 0 spiro atoms. The number of hydrogen-bond acceptors (Lipinski definition) is 2. The maximum absolute atomic E-state index is 10.8. The molecule has 0 aliphatic carbocycles. The Labute approximate surface area is 75.1 Å². The summed E-state index contributed by atoms with van der Waals surface area (Å²) in [7, 11) is 0. The van der Waals surface area contributed by atoms with Crippen LogP contribution in [0, 0.1) is 0 Å². The highest BCUT2D eigenvalue weighted by molar-refractivity contribution is 5.97. The molecule has 0 aromatic heterocycles. The number of amides is 1. The van der Waals surface area contributed by atoms with Crippen LogP contribution in [0.15, 0.2) is 29.3 Å². The molecule has 0 radical (unpaired) electrons. The molecule has 4 heteroatoms. The van der Waals surface area contributed by atoms with Gasteiger partial charge in [0.25, 0.3) is 0 Å². The lowest BCUT2D eigenvalue weighted by Gasteiger charge is -2.21. The third kappa shape index (κ3) is 1.26. The van der Waals surface area contributed by atoms with Crippen molar-refractivity contribution in [2.24, 2.45) is 4.99 Å². The van der Waals surface area contributed by atoms with Crippen molar-refractivity contribution in [1.82, 2.24) is 0 Å². The first-order chi connectivity index (χ1) is 6.29. The van der Waals surface area contributed by atoms with Gasteiger partial charge in [-0.05, 0) is 6.07 Å². The SMILES string of the molecule is O=C(O)N1CN=Cc2ccccc21. The minimum absolute atomic E-state index is 0.187. The standard InChI is InChI=1S/C9H8N2O2/c12-9(13)11-6-10-5-7-3-1-2-4-8(7)11/h1-5H,6H2,(H,12,13). The Morgan fingerprint density at radius 2 is 2.23 bits per heavy atom. The molecule has 1 N–H and O–H groups in total. The number of aliphatic imine (C=N–C) groups is 1. The van der Waals surface area contributed by atoms with Gasteiger partial charge in [0.1, 0.15) is 6.67 Å². The van der Waals surface area contributed by atoms with Gasteiger partial charge in [0, 0.05) is 11.8 Å². The molecular formula is C9H8N2O2. The molecule has 1 aliphatic rings. The van der Waals surface area contributed by atoms with Gasteiger partial charge in [-0.15, -0.1) is 0 Å². The van der Waals surface area contributed by atoms with E-state index >= 15 is 0 Å². The van der Waals surface area contributed by atoms with E-state index in [0.29, 0.717) is 5.69 Å². The van der Waals surface area contributed by atoms with Crippen LogP contribution in [0.5, 0.6) is 0 Å². The molecule has 1 aromatic rings. The predicted octanol–water partition coefficient (Wildman–Crippen LogP) is 1.56. The fraction of sp³-hybridized carbons (Fsp3) is 0.111. The lowest BCUT2D eigenvalue weighted by atomic mass is 10.1. The summed E-state index contributed by atoms with van der Waals surface area (Å²) < 4.78 is 0. The van der Waals surface area contributed by atoms with Crippen molar-refractivity contribution in [2.45, 2.75) is 0 Å². The van der Waals surface area contributed by atoms with Crippen LogP contribution in [0.25, 0.3) is 0 Å². The summed E-state index contributed by atoms with van der Waals surface area (Å²) in [5.41, 5.74) is 1.54. The van der Waals surface area contributed by atoms with Gasteiger partial charge in [-0.2, -0.15) is 0 Å². The topological polar surface area (TPSA) is 52.9 Å². The van der Waals surface area contributed by atoms with Gasteiger partial charge in [-0.1, -0.05) is 18.2 Å². The van der Waals surface area contributed by atoms with Crippen LogP contribution < -0.4 is 4.90 Å². The summed E-state index contributed by atoms with van der Waals surface area (Å²) in [6.07, 6.45) is 0.721. The van der Waals surface area contributed by atoms with E-state index in [9.17, 15) is 4.79 Å². The third-order valence-corrected chi connectivity index (χ3v) is 1.91. The number of para-hydroxylation sites is 1. The van der Waals surface area contributed by atoms with E-state index in [1.165, 1.54) is 4.90 Å². The number of anilines is 1. The highest BCUT2D eigenvalue weighted by Crippen LogP contribution is 2.21. The van der Waals surface area contributed by atoms with Crippen molar-refractivity contribution in [1.29, 1.82) is 0 Å². The number of hydrogen-bond donors (Lipinski definition) is 1. The first kappa shape index (κ1) is 7.79. The zero-order valence-corrected chi connectivity index (χ0v) is 6.84. The van der Waals surface area contributed by atoms with Gasteiger partial charge in [0.05, 0.1) is 5.69 Å². The second kappa shape index (κ2) is 2.90. The van der Waals surface area contributed by atoms with E-state index in [0.717, 1.165) is 5.56 Å². The molecule has 0 unspecified atom stereocenters. The summed E-state index contributed by atoms with van der Waals surface area (Å²) in [5.74, 6) is 0. The smallest absolute Gasteiger partial charge is 0.413 e. The highest BCUT2D eigenvalue weighted by atomic mass is 16.4. The summed E-state index contributed by atoms with van der Waals surface area (Å²) >= 11 is 0. The van der Waals surface area contributed by atoms with E-state index < -0.39 is 6.09 Å². The van der Waals surface area contributed by atoms with Gasteiger partial charge in [-0.3, -0.25) is 9.89 Å². The summed E-state index contributed by atoms with van der Waals surface area (Å²) in [4.78, 5) is 15.9. The van der Waals surface area contributed by atoms with Crippen molar-refractivity contribution in [3.8, 4) is 0 Å². The zero-order valence-electron chi connectivity index (χ0n) is 6.84. The van der Waals surface area contributed by atoms with E-state index in [2.05, 4.69) is 4.99 Å². The van der Waals surface area contributed by atoms with Crippen LogP contribution >= 0.6 is 0 Å². The monoisotopic (exact) mass is 176 g/mol. The van der Waals surface area contributed by atoms with Crippen LogP contribution in [0.3, 0.4) is 0 Å². The van der Waals surface area contributed by atoms with E-state index in [1.807, 2.05) is 18.2 Å². The zero-order chi connectivity index (χ0) is 9.26. The van der Waals surface area contributed by atoms with Crippen LogP contribution in [0.1, 0.15) is 5.56 Å². The van der Waals surface area contributed by atoms with E-state index in [1.54, 1.807) is 12.3 Å². The van der Waals surface area contributed by atoms with Gasteiger partial charge in [0.2, 0.25) is 0 Å². The van der Waals surface area contributed by atoms with Crippen LogP contribution in [0.4, 0.5) is 10.5 Å². The maximum atomic E-state index is 10.8. The number of nitrogens with zero attached hydrogens (tertiary/aromatic N) is 2. The normalized spacial score (nSPS) is 14.0. The molecule has 0 atom stereocenters. The number of carbonyl (C=O) groups is 1. The Balaban J connectivity index is 2.49. The van der Waals surface area contributed by atoms with Crippen LogP contribution in [-0.2, 0) is 0 Å². The summed E-state index contributed by atoms with van der Waals surface area (Å²) in [5, 5.41) is 8.84. The Kier molecular flexibility index (Phi) is 1.73. The molecule has 1 amide bonds. The number of benzene rings is 1. The molecular weight excluding hydrogens is 168 g/mol. The third-order valence-electron chi connectivity index (χ3n) is 1.91. The molecule has 1 aliphatic heterocycles. The average Bonchev–Trinajstić information content (AvgIpc) is 2.17. The molecule has 13 heavy (non-hydrogen) atoms. The molecule has 0 bridgehead atoms. The minimum Gasteiger partial charge on any atom is -0.465 e. The van der Waals surface area contributed by atoms with Crippen molar-refractivity contribution >= 4 is 18.0 Å². The van der Waals surface area contributed by atoms with Crippen molar-refractivity contribution in [2.75, 3.05) is 11.6 Å². The summed E-state index contributed by atoms with van der Waals surface area (Å²) in [6, 6.07) is 7.28. The molecule has 0 fully saturated rings. The first-order valence-corrected chi connectivity index (χ1v) is 3.88. The quantitative estimate of drug-likeness (QED) is 0.652. The number of carboxylic acid groups (broad SMARTS) is 1. The summed E-state index contributed by atoms with van der Waals surface area (Å²) in [6.45, 7) is 0.187. The van der Waals surface area contributed by atoms with Gasteiger partial charge < -0.3 is 5.11 Å². The molecule has 0 saturated carbocycles. The lowest BCUT2D eigenvalue weighted by molar-refractivity contribution is 0.202. The maximum Gasteiger partial charge on any atom is 0.413 e. The molecule has 1 aromatic carbocycles. The molecule has 1 heterocycles. The van der Waals surface area contributed by atoms with Crippen LogP contribution in [-0.4, -0.2) is 24.1 Å². The van der Waals surface area contributed by atoms with Gasteiger partial charge in [0.15, 0.2) is 0 Å². The second-order valence-electron chi connectivity index (χ2n) is 2.72. The fourth-order valence-corrected chi connectivity index (χ4v) is 1.30. The molecule has 2 rings (SSSR count). The van der Waals surface area contributed by atoms with Gasteiger partial charge in [-0.25, -0.2) is 4.79 Å². The Bertz CT molecular complexity index is 374. The van der Waals surface area contributed by atoms with Crippen molar-refractivity contribution < 1.29 is 9.90 Å². The molecule has 66 valence electrons. The number of fused-ring (bicyclic) bond motifs is 1. The van der Waals surface area contributed by atoms with Crippen molar-refractivity contribution in [3.63, 3.8) is 0 Å². The fourth-order valence-electron chi connectivity index (χ4n) is 1.30. The van der Waals surface area contributed by atoms with E-state index in [-0.39, 0.29) is 6.67 Å². The highest BCUT2D eigenvalue weighted by Gasteiger charge is 2.18. The predicted molar refractivity (Wildman–Crippen MR) is 49.4 cm³/mol. The van der Waals surface area contributed by atoms with Crippen molar-refractivity contribution in [3.05, 3.63) is 29.8 Å². The minimum atomic E-state index is -0.968. The van der Waals surface area contributed by atoms with E-state index in [4.69, 9.17) is 5.11 Å². The Hall–Kier alpha value is -1.84. The lowest BCUT2D eigenvalue weighted by Crippen LogP contribution is -2.32. The van der Waals surface area contributed by atoms with Crippen LogP contribution in [0.2, 0.25) is 0 Å². The Morgan fingerprint density at radius 1 is 1.46 bits per heavy atom. The number of rotatable bonds is 0. The second-order valence-corrected chi connectivity index (χ2v) is 2.72. The largest absolute Gasteiger partial charge is 0.465 e. The first-order valence-electron chi connectivity index (χ1n) is 3.88.